The molecule has 1 aromatic carbocycles. The van der Waals surface area contributed by atoms with Gasteiger partial charge in [-0.15, -0.1) is 0 Å². The van der Waals surface area contributed by atoms with Gasteiger partial charge in [-0.05, 0) is 23.8 Å². The van der Waals surface area contributed by atoms with Gasteiger partial charge in [0.2, 0.25) is 5.76 Å². The zero-order chi connectivity index (χ0) is 15.4. The molecule has 0 saturated carbocycles. The Labute approximate surface area is 117 Å². The number of carbonyl (C=O) groups is 1. The Bertz CT molecular complexity index is 690. The van der Waals surface area contributed by atoms with Crippen LogP contribution < -0.4 is 0 Å². The Kier molecular flexibility index (Phi) is 3.93. The number of non-ortho nitro benzene ring substituents is 1. The molecule has 0 unspecified atom stereocenters. The molecule has 0 atom stereocenters. The number of furan rings is 1. The van der Waals surface area contributed by atoms with Gasteiger partial charge in [-0.25, -0.2) is 4.79 Å². The van der Waals surface area contributed by atoms with Crippen molar-refractivity contribution in [1.82, 2.24) is 0 Å². The summed E-state index contributed by atoms with van der Waals surface area (Å²) in [5, 5.41) is 20.9. The second kappa shape index (κ2) is 5.82. The molecule has 108 valence electrons. The number of nitrogens with zero attached hydrogens (tertiary/aromatic N) is 2. The van der Waals surface area contributed by atoms with Gasteiger partial charge in [0.25, 0.3) is 5.69 Å². The van der Waals surface area contributed by atoms with Gasteiger partial charge in [0.1, 0.15) is 11.5 Å². The van der Waals surface area contributed by atoms with Crippen molar-refractivity contribution >= 4 is 17.5 Å². The lowest BCUT2D eigenvalue weighted by molar-refractivity contribution is -0.402. The highest BCUT2D eigenvalue weighted by Gasteiger charge is 2.18. The van der Waals surface area contributed by atoms with E-state index in [1.54, 1.807) is 0 Å². The highest BCUT2D eigenvalue weighted by Crippen LogP contribution is 2.17. The second-order valence-electron chi connectivity index (χ2n) is 3.89. The van der Waals surface area contributed by atoms with E-state index in [-0.39, 0.29) is 18.1 Å². The molecule has 0 spiro atoms. The fourth-order valence-corrected chi connectivity index (χ4v) is 1.47. The molecule has 2 rings (SSSR count). The minimum absolute atomic E-state index is 0.0771. The summed E-state index contributed by atoms with van der Waals surface area (Å²) in [6, 6.07) is 7.62. The molecule has 1 aromatic heterocycles. The number of nitro benzene ring substituents is 1. The maximum absolute atomic E-state index is 11.6. The number of rotatable bonds is 5. The number of hydrogen-bond donors (Lipinski definition) is 0. The molecule has 1 heterocycles. The van der Waals surface area contributed by atoms with E-state index in [0.29, 0.717) is 5.56 Å². The number of esters is 1. The van der Waals surface area contributed by atoms with Crippen LogP contribution in [0.5, 0.6) is 0 Å². The molecule has 0 saturated heterocycles. The van der Waals surface area contributed by atoms with Gasteiger partial charge < -0.3 is 9.15 Å². The molecule has 0 radical (unpaired) electrons. The first-order valence-electron chi connectivity index (χ1n) is 5.62. The zero-order valence-corrected chi connectivity index (χ0v) is 10.4. The second-order valence-corrected chi connectivity index (χ2v) is 3.89. The van der Waals surface area contributed by atoms with E-state index in [4.69, 9.17) is 4.74 Å². The Morgan fingerprint density at radius 1 is 1.05 bits per heavy atom. The van der Waals surface area contributed by atoms with Gasteiger partial charge in [-0.1, -0.05) is 0 Å². The average Bonchev–Trinajstić information content (AvgIpc) is 2.95. The summed E-state index contributed by atoms with van der Waals surface area (Å²) in [4.78, 5) is 31.1. The highest BCUT2D eigenvalue weighted by atomic mass is 16.7. The Hall–Kier alpha value is -3.23. The number of ether oxygens (including phenoxy) is 1. The highest BCUT2D eigenvalue weighted by molar-refractivity contribution is 5.86. The van der Waals surface area contributed by atoms with Crippen molar-refractivity contribution in [3.05, 3.63) is 68.0 Å². The average molecular weight is 292 g/mol. The van der Waals surface area contributed by atoms with Crippen LogP contribution in [0.2, 0.25) is 0 Å². The van der Waals surface area contributed by atoms with Crippen LogP contribution in [0.15, 0.2) is 40.8 Å². The molecule has 0 aliphatic heterocycles. The van der Waals surface area contributed by atoms with Gasteiger partial charge in [-0.2, -0.15) is 0 Å². The van der Waals surface area contributed by atoms with Crippen LogP contribution in [-0.2, 0) is 11.3 Å². The van der Waals surface area contributed by atoms with Crippen LogP contribution in [-0.4, -0.2) is 15.8 Å². The number of hydrogen-bond acceptors (Lipinski definition) is 7. The summed E-state index contributed by atoms with van der Waals surface area (Å²) in [6.07, 6.45) is 0. The standard InChI is InChI=1S/C12H8N2O7/c15-12(10-5-6-11(21-10)14(18)19)20-7-8-1-3-9(4-2-8)13(16)17/h1-6H,7H2. The van der Waals surface area contributed by atoms with E-state index in [0.717, 1.165) is 12.1 Å². The van der Waals surface area contributed by atoms with Gasteiger partial charge in [0, 0.05) is 12.1 Å². The van der Waals surface area contributed by atoms with Crippen molar-refractivity contribution in [2.75, 3.05) is 0 Å². The summed E-state index contributed by atoms with van der Waals surface area (Å²) < 4.78 is 9.57. The van der Waals surface area contributed by atoms with Crippen molar-refractivity contribution in [2.45, 2.75) is 6.61 Å². The molecule has 9 heteroatoms. The molecule has 0 aliphatic rings. The van der Waals surface area contributed by atoms with E-state index in [2.05, 4.69) is 4.42 Å². The lowest BCUT2D eigenvalue weighted by Gasteiger charge is -2.02. The number of nitro groups is 2. The van der Waals surface area contributed by atoms with Crippen LogP contribution in [0.1, 0.15) is 16.1 Å². The number of carbonyl (C=O) groups excluding carboxylic acids is 1. The third-order valence-corrected chi connectivity index (χ3v) is 2.49. The van der Waals surface area contributed by atoms with Crippen LogP contribution in [0, 0.1) is 20.2 Å². The SMILES string of the molecule is O=C(OCc1ccc([N+](=O)[O-])cc1)c1ccc([N+](=O)[O-])o1. The molecule has 0 bridgehead atoms. The first-order valence-corrected chi connectivity index (χ1v) is 5.62. The first kappa shape index (κ1) is 14.2. The predicted molar refractivity (Wildman–Crippen MR) is 67.6 cm³/mol. The molecule has 0 N–H and O–H groups in total. The van der Waals surface area contributed by atoms with Crippen LogP contribution in [0.25, 0.3) is 0 Å². The maximum Gasteiger partial charge on any atom is 0.433 e. The predicted octanol–water partition coefficient (Wildman–Crippen LogP) is 2.45. The normalized spacial score (nSPS) is 10.1. The molecule has 0 fully saturated rings. The molecule has 2 aromatic rings. The largest absolute Gasteiger partial charge is 0.455 e. The Morgan fingerprint density at radius 2 is 1.71 bits per heavy atom. The minimum atomic E-state index is -0.860. The lowest BCUT2D eigenvalue weighted by Crippen LogP contribution is -2.04. The van der Waals surface area contributed by atoms with Gasteiger partial charge in [-0.3, -0.25) is 20.2 Å². The topological polar surface area (TPSA) is 126 Å². The van der Waals surface area contributed by atoms with Gasteiger partial charge in [0.05, 0.1) is 11.0 Å². The molecule has 0 amide bonds. The van der Waals surface area contributed by atoms with E-state index in [1.807, 2.05) is 0 Å². The quantitative estimate of drug-likeness (QED) is 0.470. The summed E-state index contributed by atoms with van der Waals surface area (Å²) in [5.41, 5.74) is 0.460. The molecule has 0 aliphatic carbocycles. The summed E-state index contributed by atoms with van der Waals surface area (Å²) in [5.74, 6) is -1.71. The zero-order valence-electron chi connectivity index (χ0n) is 10.4. The van der Waals surface area contributed by atoms with Crippen molar-refractivity contribution in [3.63, 3.8) is 0 Å². The van der Waals surface area contributed by atoms with Crippen LogP contribution in [0.3, 0.4) is 0 Å². The Morgan fingerprint density at radius 3 is 2.24 bits per heavy atom. The third-order valence-electron chi connectivity index (χ3n) is 2.49. The smallest absolute Gasteiger partial charge is 0.433 e. The van der Waals surface area contributed by atoms with Crippen molar-refractivity contribution in [2.24, 2.45) is 0 Å². The van der Waals surface area contributed by atoms with Crippen molar-refractivity contribution in [3.8, 4) is 0 Å². The van der Waals surface area contributed by atoms with E-state index in [1.165, 1.54) is 24.3 Å². The third kappa shape index (κ3) is 3.41. The minimum Gasteiger partial charge on any atom is -0.455 e. The van der Waals surface area contributed by atoms with E-state index < -0.39 is 21.7 Å². The lowest BCUT2D eigenvalue weighted by atomic mass is 10.2. The maximum atomic E-state index is 11.6. The van der Waals surface area contributed by atoms with Gasteiger partial charge in [0.15, 0.2) is 0 Å². The monoisotopic (exact) mass is 292 g/mol. The Balaban J connectivity index is 1.97. The van der Waals surface area contributed by atoms with Crippen LogP contribution >= 0.6 is 0 Å². The molecular formula is C12H8N2O7. The summed E-state index contributed by atoms with van der Waals surface area (Å²) in [7, 11) is 0. The fraction of sp³-hybridized carbons (Fsp3) is 0.0833. The van der Waals surface area contributed by atoms with Crippen LogP contribution in [0.4, 0.5) is 11.6 Å². The fourth-order valence-electron chi connectivity index (χ4n) is 1.47. The van der Waals surface area contributed by atoms with E-state index in [9.17, 15) is 25.0 Å². The summed E-state index contributed by atoms with van der Waals surface area (Å²) in [6.45, 7) is -0.134. The first-order chi connectivity index (χ1) is 9.97. The van der Waals surface area contributed by atoms with Gasteiger partial charge >= 0.3 is 11.9 Å². The van der Waals surface area contributed by atoms with Crippen molar-refractivity contribution in [1.29, 1.82) is 0 Å². The van der Waals surface area contributed by atoms with Crippen molar-refractivity contribution < 1.29 is 23.8 Å². The molecule has 21 heavy (non-hydrogen) atoms. The molecular weight excluding hydrogens is 284 g/mol. The van der Waals surface area contributed by atoms with E-state index >= 15 is 0 Å². The summed E-state index contributed by atoms with van der Waals surface area (Å²) >= 11 is 0. The molecule has 9 nitrogen and oxygen atoms in total. The number of benzene rings is 1.